The molecule has 0 saturated carbocycles. The maximum atomic E-state index is 13.8. The molecule has 1 atom stereocenters. The van der Waals surface area contributed by atoms with Gasteiger partial charge in [-0.3, -0.25) is 4.90 Å². The van der Waals surface area contributed by atoms with Crippen molar-refractivity contribution in [1.29, 1.82) is 0 Å². The Morgan fingerprint density at radius 2 is 1.84 bits per heavy atom. The van der Waals surface area contributed by atoms with Gasteiger partial charge in [-0.15, -0.1) is 0 Å². The van der Waals surface area contributed by atoms with Crippen molar-refractivity contribution in [1.82, 2.24) is 14.7 Å². The monoisotopic (exact) mass is 429 g/mol. The van der Waals surface area contributed by atoms with E-state index in [0.717, 1.165) is 24.2 Å². The van der Waals surface area contributed by atoms with Crippen LogP contribution in [0.15, 0.2) is 48.5 Å². The summed E-state index contributed by atoms with van der Waals surface area (Å²) in [6.07, 6.45) is 1.18. The molecule has 5 nitrogen and oxygen atoms in total. The molecule has 7 heteroatoms. The van der Waals surface area contributed by atoms with Crippen molar-refractivity contribution in [3.63, 3.8) is 0 Å². The predicted octanol–water partition coefficient (Wildman–Crippen LogP) is 5.23. The molecule has 3 rings (SSSR count). The summed E-state index contributed by atoms with van der Waals surface area (Å²) in [4.78, 5) is 2.16. The van der Waals surface area contributed by atoms with E-state index in [-0.39, 0.29) is 5.82 Å². The number of aliphatic hydroxyl groups excluding tert-OH is 1. The largest absolute Gasteiger partial charge is 0.438 e. The van der Waals surface area contributed by atoms with Crippen molar-refractivity contribution in [2.45, 2.75) is 46.3 Å². The van der Waals surface area contributed by atoms with Crippen LogP contribution in [0.25, 0.3) is 5.69 Å². The van der Waals surface area contributed by atoms with E-state index in [9.17, 15) is 13.9 Å². The number of aromatic nitrogens is 2. The van der Waals surface area contributed by atoms with Crippen molar-refractivity contribution < 1.29 is 18.6 Å². The van der Waals surface area contributed by atoms with Gasteiger partial charge in [0.25, 0.3) is 0 Å². The first-order valence-electron chi connectivity index (χ1n) is 10.6. The van der Waals surface area contributed by atoms with Gasteiger partial charge in [0.1, 0.15) is 17.4 Å². The molecule has 0 saturated heterocycles. The highest BCUT2D eigenvalue weighted by Crippen LogP contribution is 2.32. The molecule has 0 unspecified atom stereocenters. The molecule has 0 radical (unpaired) electrons. The lowest BCUT2D eigenvalue weighted by Crippen LogP contribution is -2.32. The van der Waals surface area contributed by atoms with Crippen LogP contribution in [0, 0.1) is 18.6 Å². The normalized spacial score (nSPS) is 12.4. The summed E-state index contributed by atoms with van der Waals surface area (Å²) in [7, 11) is 0. The summed E-state index contributed by atoms with van der Waals surface area (Å²) < 4.78 is 34.9. The van der Waals surface area contributed by atoms with Crippen LogP contribution in [0.3, 0.4) is 0 Å². The Morgan fingerprint density at radius 1 is 1.10 bits per heavy atom. The lowest BCUT2D eigenvalue weighted by molar-refractivity contribution is 0.105. The number of aryl methyl sites for hydroxylation is 1. The zero-order valence-corrected chi connectivity index (χ0v) is 18.2. The van der Waals surface area contributed by atoms with Gasteiger partial charge < -0.3 is 9.84 Å². The van der Waals surface area contributed by atoms with Gasteiger partial charge in [0.15, 0.2) is 0 Å². The minimum Gasteiger partial charge on any atom is -0.438 e. The third-order valence-corrected chi connectivity index (χ3v) is 5.08. The highest BCUT2D eigenvalue weighted by molar-refractivity contribution is 5.43. The van der Waals surface area contributed by atoms with E-state index in [0.29, 0.717) is 36.8 Å². The van der Waals surface area contributed by atoms with Gasteiger partial charge in [-0.25, -0.2) is 13.5 Å². The summed E-state index contributed by atoms with van der Waals surface area (Å²) >= 11 is 0. The summed E-state index contributed by atoms with van der Waals surface area (Å²) in [6, 6.07) is 11.9. The smallest absolute Gasteiger partial charge is 0.227 e. The molecule has 0 aliphatic heterocycles. The van der Waals surface area contributed by atoms with Gasteiger partial charge in [0.05, 0.1) is 23.0 Å². The number of benzene rings is 2. The maximum absolute atomic E-state index is 13.8. The topological polar surface area (TPSA) is 50.5 Å². The van der Waals surface area contributed by atoms with Crippen molar-refractivity contribution in [3.05, 3.63) is 71.4 Å². The fourth-order valence-electron chi connectivity index (χ4n) is 3.43. The van der Waals surface area contributed by atoms with Crippen LogP contribution in [0.5, 0.6) is 11.6 Å². The molecule has 0 aliphatic rings. The molecule has 3 aromatic rings. The number of aliphatic hydroxyl groups is 1. The Bertz CT molecular complexity index is 989. The van der Waals surface area contributed by atoms with E-state index in [2.05, 4.69) is 16.9 Å². The molecule has 0 fully saturated rings. The van der Waals surface area contributed by atoms with Gasteiger partial charge in [-0.1, -0.05) is 19.9 Å². The SMILES string of the molecule is CCCN(Cc1c(C)nn(-c2ccc(F)cc2)c1Oc1cccc(F)c1)C[C@H](O)CC. The van der Waals surface area contributed by atoms with Crippen LogP contribution in [0.4, 0.5) is 8.78 Å². The molecule has 2 aromatic carbocycles. The first kappa shape index (κ1) is 22.9. The summed E-state index contributed by atoms with van der Waals surface area (Å²) in [5.74, 6) is 0.0485. The van der Waals surface area contributed by atoms with E-state index >= 15 is 0 Å². The molecular formula is C24H29F2N3O2. The van der Waals surface area contributed by atoms with Crippen molar-refractivity contribution in [2.75, 3.05) is 13.1 Å². The molecule has 0 aliphatic carbocycles. The van der Waals surface area contributed by atoms with E-state index in [1.807, 2.05) is 13.8 Å². The van der Waals surface area contributed by atoms with Crippen LogP contribution in [-0.4, -0.2) is 39.0 Å². The van der Waals surface area contributed by atoms with E-state index in [1.165, 1.54) is 24.3 Å². The molecule has 0 amide bonds. The first-order chi connectivity index (χ1) is 14.9. The lowest BCUT2D eigenvalue weighted by Gasteiger charge is -2.24. The van der Waals surface area contributed by atoms with Gasteiger partial charge in [0, 0.05) is 19.2 Å². The third kappa shape index (κ3) is 5.89. The Morgan fingerprint density at radius 3 is 2.48 bits per heavy atom. The second-order valence-electron chi connectivity index (χ2n) is 7.61. The minimum atomic E-state index is -0.424. The van der Waals surface area contributed by atoms with E-state index in [4.69, 9.17) is 4.74 Å². The zero-order valence-electron chi connectivity index (χ0n) is 18.2. The van der Waals surface area contributed by atoms with Crippen LogP contribution in [0.1, 0.15) is 37.9 Å². The Hall–Kier alpha value is -2.77. The number of nitrogens with zero attached hydrogens (tertiary/aromatic N) is 3. The number of halogens is 2. The zero-order chi connectivity index (χ0) is 22.4. The highest BCUT2D eigenvalue weighted by atomic mass is 19.1. The number of rotatable bonds is 10. The first-order valence-corrected chi connectivity index (χ1v) is 10.6. The third-order valence-electron chi connectivity index (χ3n) is 5.08. The van der Waals surface area contributed by atoms with Crippen LogP contribution >= 0.6 is 0 Å². The van der Waals surface area contributed by atoms with Gasteiger partial charge in [-0.05, 0) is 62.7 Å². The van der Waals surface area contributed by atoms with Gasteiger partial charge in [-0.2, -0.15) is 5.10 Å². The second kappa shape index (κ2) is 10.5. The second-order valence-corrected chi connectivity index (χ2v) is 7.61. The number of ether oxygens (including phenoxy) is 1. The summed E-state index contributed by atoms with van der Waals surface area (Å²) in [5, 5.41) is 14.8. The fraction of sp³-hybridized carbons (Fsp3) is 0.375. The van der Waals surface area contributed by atoms with Crippen molar-refractivity contribution in [2.24, 2.45) is 0 Å². The standard InChI is InChI=1S/C24H29F2N3O2/c1-4-13-28(15-21(30)5-2)16-23-17(3)27-29(20-11-9-18(25)10-12-20)24(23)31-22-8-6-7-19(26)14-22/h6-12,14,21,30H,4-5,13,15-16H2,1-3H3/t21-/m1/s1. The molecule has 31 heavy (non-hydrogen) atoms. The van der Waals surface area contributed by atoms with Crippen LogP contribution in [0.2, 0.25) is 0 Å². The average Bonchev–Trinajstić information content (AvgIpc) is 3.04. The molecule has 1 heterocycles. The van der Waals surface area contributed by atoms with Crippen molar-refractivity contribution >= 4 is 0 Å². The Balaban J connectivity index is 2.03. The fourth-order valence-corrected chi connectivity index (χ4v) is 3.43. The Kier molecular flexibility index (Phi) is 7.76. The predicted molar refractivity (Wildman–Crippen MR) is 117 cm³/mol. The summed E-state index contributed by atoms with van der Waals surface area (Å²) in [5.41, 5.74) is 2.23. The number of hydrogen-bond donors (Lipinski definition) is 1. The minimum absolute atomic E-state index is 0.344. The molecule has 1 N–H and O–H groups in total. The lowest BCUT2D eigenvalue weighted by atomic mass is 10.2. The summed E-state index contributed by atoms with van der Waals surface area (Å²) in [6.45, 7) is 7.77. The van der Waals surface area contributed by atoms with Crippen LogP contribution in [-0.2, 0) is 6.54 Å². The van der Waals surface area contributed by atoms with E-state index in [1.54, 1.807) is 28.9 Å². The Labute approximate surface area is 181 Å². The molecule has 166 valence electrons. The van der Waals surface area contributed by atoms with Crippen LogP contribution < -0.4 is 4.74 Å². The quantitative estimate of drug-likeness (QED) is 0.479. The molecular weight excluding hydrogens is 400 g/mol. The molecule has 1 aromatic heterocycles. The maximum Gasteiger partial charge on any atom is 0.227 e. The van der Waals surface area contributed by atoms with Gasteiger partial charge in [0.2, 0.25) is 5.88 Å². The average molecular weight is 430 g/mol. The van der Waals surface area contributed by atoms with E-state index < -0.39 is 11.9 Å². The van der Waals surface area contributed by atoms with Crippen molar-refractivity contribution in [3.8, 4) is 17.3 Å². The molecule has 0 spiro atoms. The van der Waals surface area contributed by atoms with Gasteiger partial charge >= 0.3 is 0 Å². The highest BCUT2D eigenvalue weighted by Gasteiger charge is 2.22. The number of hydrogen-bond acceptors (Lipinski definition) is 4. The molecule has 0 bridgehead atoms.